The summed E-state index contributed by atoms with van der Waals surface area (Å²) in [5.41, 5.74) is 1.44. The molecule has 0 saturated carbocycles. The van der Waals surface area contributed by atoms with Gasteiger partial charge in [0, 0.05) is 10.4 Å². The van der Waals surface area contributed by atoms with Gasteiger partial charge in [0.15, 0.2) is 0 Å². The Morgan fingerprint density at radius 1 is 1.12 bits per heavy atom. The zero-order valence-electron chi connectivity index (χ0n) is 13.6. The fraction of sp³-hybridized carbons (Fsp3) is 0.105. The van der Waals surface area contributed by atoms with Gasteiger partial charge < -0.3 is 4.74 Å². The van der Waals surface area contributed by atoms with Gasteiger partial charge in [-0.05, 0) is 36.4 Å². The predicted molar refractivity (Wildman–Crippen MR) is 103 cm³/mol. The molecule has 2 heterocycles. The fourth-order valence-electron chi connectivity index (χ4n) is 2.56. The number of fused-ring (bicyclic) bond motifs is 1. The number of para-hydroxylation sites is 1. The van der Waals surface area contributed by atoms with Crippen molar-refractivity contribution in [3.63, 3.8) is 0 Å². The first kappa shape index (κ1) is 16.8. The Bertz CT molecular complexity index is 1110. The van der Waals surface area contributed by atoms with Crippen LogP contribution in [0.1, 0.15) is 10.7 Å². The Balaban J connectivity index is 1.47. The average Bonchev–Trinajstić information content (AvgIpc) is 3.11. The fourth-order valence-corrected chi connectivity index (χ4v) is 3.38. The van der Waals surface area contributed by atoms with Crippen molar-refractivity contribution in [3.8, 4) is 5.75 Å². The highest BCUT2D eigenvalue weighted by atomic mass is 35.5. The van der Waals surface area contributed by atoms with Crippen LogP contribution in [0.15, 0.2) is 65.0 Å². The molecule has 2 aromatic carbocycles. The Kier molecular flexibility index (Phi) is 4.69. The highest BCUT2D eigenvalue weighted by molar-refractivity contribution is 7.09. The number of ether oxygens (including phenoxy) is 1. The SMILES string of the molecule is O=c1c2ccccc2ncn1Cc1csc(COc2ccc(Cl)cc2)n1. The van der Waals surface area contributed by atoms with Crippen molar-refractivity contribution in [2.45, 2.75) is 13.2 Å². The highest BCUT2D eigenvalue weighted by Crippen LogP contribution is 2.18. The van der Waals surface area contributed by atoms with Crippen LogP contribution in [-0.4, -0.2) is 14.5 Å². The van der Waals surface area contributed by atoms with Crippen molar-refractivity contribution in [1.82, 2.24) is 14.5 Å². The highest BCUT2D eigenvalue weighted by Gasteiger charge is 2.08. The van der Waals surface area contributed by atoms with Crippen molar-refractivity contribution in [2.75, 3.05) is 0 Å². The molecule has 0 radical (unpaired) electrons. The molecule has 0 unspecified atom stereocenters. The van der Waals surface area contributed by atoms with E-state index in [1.54, 1.807) is 29.1 Å². The summed E-state index contributed by atoms with van der Waals surface area (Å²) in [6, 6.07) is 14.5. The molecule has 2 aromatic heterocycles. The normalized spacial score (nSPS) is 11.0. The van der Waals surface area contributed by atoms with Crippen LogP contribution >= 0.6 is 22.9 Å². The molecule has 5 nitrogen and oxygen atoms in total. The summed E-state index contributed by atoms with van der Waals surface area (Å²) in [5.74, 6) is 0.737. The lowest BCUT2D eigenvalue weighted by Crippen LogP contribution is -2.21. The van der Waals surface area contributed by atoms with Gasteiger partial charge in [0.2, 0.25) is 0 Å². The van der Waals surface area contributed by atoms with Crippen molar-refractivity contribution >= 4 is 33.8 Å². The van der Waals surface area contributed by atoms with Crippen LogP contribution in [0.2, 0.25) is 5.02 Å². The van der Waals surface area contributed by atoms with E-state index >= 15 is 0 Å². The number of nitrogens with zero attached hydrogens (tertiary/aromatic N) is 3. The average molecular weight is 384 g/mol. The molecule has 130 valence electrons. The van der Waals surface area contributed by atoms with Crippen LogP contribution in [0.25, 0.3) is 10.9 Å². The Labute approximate surface area is 158 Å². The Hall–Kier alpha value is -2.70. The molecule has 0 N–H and O–H groups in total. The molecule has 0 aliphatic heterocycles. The maximum absolute atomic E-state index is 12.5. The molecule has 7 heteroatoms. The molecular weight excluding hydrogens is 370 g/mol. The van der Waals surface area contributed by atoms with E-state index in [9.17, 15) is 4.79 Å². The predicted octanol–water partition coefficient (Wildman–Crippen LogP) is 4.13. The van der Waals surface area contributed by atoms with Crippen molar-refractivity contribution < 1.29 is 4.74 Å². The Morgan fingerprint density at radius 2 is 1.92 bits per heavy atom. The van der Waals surface area contributed by atoms with E-state index in [0.717, 1.165) is 16.5 Å². The number of aromatic nitrogens is 3. The second kappa shape index (κ2) is 7.27. The van der Waals surface area contributed by atoms with Gasteiger partial charge in [0.1, 0.15) is 17.4 Å². The molecule has 0 amide bonds. The third-order valence-electron chi connectivity index (χ3n) is 3.84. The van der Waals surface area contributed by atoms with Gasteiger partial charge >= 0.3 is 0 Å². The first-order valence-electron chi connectivity index (χ1n) is 7.95. The largest absolute Gasteiger partial charge is 0.486 e. The molecule has 0 bridgehead atoms. The number of rotatable bonds is 5. The lowest BCUT2D eigenvalue weighted by atomic mass is 10.2. The maximum Gasteiger partial charge on any atom is 0.261 e. The molecule has 4 aromatic rings. The van der Waals surface area contributed by atoms with Crippen molar-refractivity contribution in [1.29, 1.82) is 0 Å². The quantitative estimate of drug-likeness (QED) is 0.520. The van der Waals surface area contributed by atoms with Gasteiger partial charge in [0.05, 0.1) is 29.5 Å². The van der Waals surface area contributed by atoms with Gasteiger partial charge in [0.25, 0.3) is 5.56 Å². The molecule has 0 fully saturated rings. The second-order valence-electron chi connectivity index (χ2n) is 5.67. The Morgan fingerprint density at radius 3 is 2.77 bits per heavy atom. The summed E-state index contributed by atoms with van der Waals surface area (Å²) in [6.45, 7) is 0.755. The number of hydrogen-bond acceptors (Lipinski definition) is 5. The van der Waals surface area contributed by atoms with Crippen LogP contribution in [0, 0.1) is 0 Å². The van der Waals surface area contributed by atoms with Crippen molar-refractivity contribution in [2.24, 2.45) is 0 Å². The molecule has 0 spiro atoms. The van der Waals surface area contributed by atoms with E-state index in [4.69, 9.17) is 16.3 Å². The molecular formula is C19H14ClN3O2S. The minimum atomic E-state index is -0.0671. The van der Waals surface area contributed by atoms with E-state index in [1.807, 2.05) is 35.7 Å². The monoisotopic (exact) mass is 383 g/mol. The third-order valence-corrected chi connectivity index (χ3v) is 4.96. The number of halogens is 1. The van der Waals surface area contributed by atoms with Gasteiger partial charge in [-0.2, -0.15) is 0 Å². The van der Waals surface area contributed by atoms with E-state index in [-0.39, 0.29) is 5.56 Å². The van der Waals surface area contributed by atoms with E-state index in [0.29, 0.717) is 29.1 Å². The van der Waals surface area contributed by atoms with Crippen LogP contribution in [0.4, 0.5) is 0 Å². The van der Waals surface area contributed by atoms with Gasteiger partial charge in [-0.15, -0.1) is 11.3 Å². The van der Waals surface area contributed by atoms with Gasteiger partial charge in [-0.25, -0.2) is 9.97 Å². The number of benzene rings is 2. The molecule has 4 rings (SSSR count). The second-order valence-corrected chi connectivity index (χ2v) is 7.05. The molecule has 0 aliphatic rings. The van der Waals surface area contributed by atoms with Crippen LogP contribution < -0.4 is 10.3 Å². The summed E-state index contributed by atoms with van der Waals surface area (Å²) < 4.78 is 7.27. The number of thiazole rings is 1. The van der Waals surface area contributed by atoms with Crippen LogP contribution in [0.3, 0.4) is 0 Å². The standard InChI is InChI=1S/C19H14ClN3O2S/c20-13-5-7-15(8-6-13)25-10-18-22-14(11-26-18)9-23-12-21-17-4-2-1-3-16(17)19(23)24/h1-8,11-12H,9-10H2. The lowest BCUT2D eigenvalue weighted by Gasteiger charge is -2.05. The molecule has 0 saturated heterocycles. The first-order valence-corrected chi connectivity index (χ1v) is 9.20. The maximum atomic E-state index is 12.5. The van der Waals surface area contributed by atoms with E-state index in [1.165, 1.54) is 11.3 Å². The lowest BCUT2D eigenvalue weighted by molar-refractivity contribution is 0.305. The van der Waals surface area contributed by atoms with Gasteiger partial charge in [-0.1, -0.05) is 23.7 Å². The topological polar surface area (TPSA) is 57.0 Å². The summed E-state index contributed by atoms with van der Waals surface area (Å²) >= 11 is 7.36. The minimum absolute atomic E-state index is 0.0671. The first-order chi connectivity index (χ1) is 12.7. The third kappa shape index (κ3) is 3.61. The summed E-state index contributed by atoms with van der Waals surface area (Å²) in [6.07, 6.45) is 1.56. The smallest absolute Gasteiger partial charge is 0.261 e. The zero-order chi connectivity index (χ0) is 17.9. The molecule has 26 heavy (non-hydrogen) atoms. The van der Waals surface area contributed by atoms with Crippen LogP contribution in [0.5, 0.6) is 5.75 Å². The van der Waals surface area contributed by atoms with E-state index in [2.05, 4.69) is 9.97 Å². The van der Waals surface area contributed by atoms with Gasteiger partial charge in [-0.3, -0.25) is 9.36 Å². The summed E-state index contributed by atoms with van der Waals surface area (Å²) in [4.78, 5) is 21.4. The van der Waals surface area contributed by atoms with E-state index < -0.39 is 0 Å². The summed E-state index contributed by atoms with van der Waals surface area (Å²) in [7, 11) is 0. The molecule has 0 aliphatic carbocycles. The van der Waals surface area contributed by atoms with Crippen molar-refractivity contribution in [3.05, 3.63) is 86.3 Å². The molecule has 0 atom stereocenters. The van der Waals surface area contributed by atoms with Crippen LogP contribution in [-0.2, 0) is 13.2 Å². The summed E-state index contributed by atoms with van der Waals surface area (Å²) in [5, 5.41) is 4.05. The zero-order valence-corrected chi connectivity index (χ0v) is 15.2. The number of hydrogen-bond donors (Lipinski definition) is 0. The minimum Gasteiger partial charge on any atom is -0.486 e.